The third-order valence-corrected chi connectivity index (χ3v) is 4.83. The number of benzene rings is 1. The van der Waals surface area contributed by atoms with Gasteiger partial charge in [0.1, 0.15) is 0 Å². The standard InChI is InChI=1S/C22H31NO3/c1-13(2)12-26-17(6)19-15(4)23-16(5)20(22(24)25-7)21(19)18-11-9-8-10-14(18)3/h8-11,13,17,21,23H,12H2,1-7H3. The number of carbonyl (C=O) groups is 1. The van der Waals surface area contributed by atoms with Crippen LogP contribution in [0.3, 0.4) is 0 Å². The molecule has 142 valence electrons. The second kappa shape index (κ2) is 8.54. The molecule has 1 aromatic carbocycles. The Balaban J connectivity index is 2.58. The maximum atomic E-state index is 12.6. The van der Waals surface area contributed by atoms with Crippen molar-refractivity contribution in [3.05, 3.63) is 57.9 Å². The van der Waals surface area contributed by atoms with Crippen LogP contribution in [0.1, 0.15) is 51.7 Å². The number of dihydropyridines is 1. The number of nitrogens with one attached hydrogen (secondary N) is 1. The molecule has 1 aromatic rings. The summed E-state index contributed by atoms with van der Waals surface area (Å²) in [5.74, 6) is -0.0273. The molecule has 1 heterocycles. The molecule has 0 amide bonds. The molecule has 1 N–H and O–H groups in total. The van der Waals surface area contributed by atoms with Crippen LogP contribution >= 0.6 is 0 Å². The van der Waals surface area contributed by atoms with Gasteiger partial charge in [0.15, 0.2) is 0 Å². The average Bonchev–Trinajstić information content (AvgIpc) is 2.59. The maximum Gasteiger partial charge on any atom is 0.336 e. The molecule has 0 aromatic heterocycles. The summed E-state index contributed by atoms with van der Waals surface area (Å²) in [6, 6.07) is 8.20. The second-order valence-corrected chi connectivity index (χ2v) is 7.39. The normalized spacial score (nSPS) is 18.8. The zero-order valence-corrected chi connectivity index (χ0v) is 17.0. The topological polar surface area (TPSA) is 47.6 Å². The maximum absolute atomic E-state index is 12.6. The minimum absolute atomic E-state index is 0.109. The quantitative estimate of drug-likeness (QED) is 0.764. The third kappa shape index (κ3) is 4.18. The summed E-state index contributed by atoms with van der Waals surface area (Å²) in [4.78, 5) is 12.6. The summed E-state index contributed by atoms with van der Waals surface area (Å²) in [5.41, 5.74) is 5.88. The van der Waals surface area contributed by atoms with Crippen LogP contribution in [-0.4, -0.2) is 25.8 Å². The molecule has 2 atom stereocenters. The fraction of sp³-hybridized carbons (Fsp3) is 0.500. The molecule has 2 rings (SSSR count). The van der Waals surface area contributed by atoms with Gasteiger partial charge in [0.25, 0.3) is 0 Å². The van der Waals surface area contributed by atoms with Crippen molar-refractivity contribution < 1.29 is 14.3 Å². The fourth-order valence-corrected chi connectivity index (χ4v) is 3.59. The first-order valence-corrected chi connectivity index (χ1v) is 9.21. The molecule has 26 heavy (non-hydrogen) atoms. The Morgan fingerprint density at radius 2 is 1.77 bits per heavy atom. The minimum Gasteiger partial charge on any atom is -0.466 e. The molecule has 0 saturated carbocycles. The van der Waals surface area contributed by atoms with E-state index in [1.165, 1.54) is 7.11 Å². The molecule has 1 aliphatic rings. The highest BCUT2D eigenvalue weighted by Crippen LogP contribution is 2.41. The summed E-state index contributed by atoms with van der Waals surface area (Å²) in [5, 5.41) is 3.36. The van der Waals surface area contributed by atoms with E-state index in [0.717, 1.165) is 28.1 Å². The number of aryl methyl sites for hydroxylation is 1. The van der Waals surface area contributed by atoms with E-state index in [1.54, 1.807) is 0 Å². The molecule has 0 fully saturated rings. The van der Waals surface area contributed by atoms with Crippen LogP contribution in [0.4, 0.5) is 0 Å². The lowest BCUT2D eigenvalue weighted by molar-refractivity contribution is -0.136. The SMILES string of the molecule is COC(=O)C1=C(C)NC(C)=C(C(C)OCC(C)C)C1c1ccccc1C. The highest BCUT2D eigenvalue weighted by Gasteiger charge is 2.36. The van der Waals surface area contributed by atoms with Crippen LogP contribution in [0.25, 0.3) is 0 Å². The van der Waals surface area contributed by atoms with Crippen LogP contribution in [0.15, 0.2) is 46.8 Å². The van der Waals surface area contributed by atoms with E-state index < -0.39 is 0 Å². The van der Waals surface area contributed by atoms with Crippen molar-refractivity contribution in [2.75, 3.05) is 13.7 Å². The minimum atomic E-state index is -0.302. The molecule has 0 aliphatic carbocycles. The zero-order valence-electron chi connectivity index (χ0n) is 17.0. The van der Waals surface area contributed by atoms with Crippen LogP contribution in [0.2, 0.25) is 0 Å². The Bertz CT molecular complexity index is 731. The average molecular weight is 357 g/mol. The number of hydrogen-bond donors (Lipinski definition) is 1. The molecule has 2 unspecified atom stereocenters. The van der Waals surface area contributed by atoms with Crippen molar-refractivity contribution in [1.82, 2.24) is 5.32 Å². The van der Waals surface area contributed by atoms with Crippen LogP contribution in [0, 0.1) is 12.8 Å². The second-order valence-electron chi connectivity index (χ2n) is 7.39. The molecule has 0 saturated heterocycles. The highest BCUT2D eigenvalue weighted by molar-refractivity contribution is 5.92. The molecule has 0 spiro atoms. The van der Waals surface area contributed by atoms with E-state index in [1.807, 2.05) is 26.0 Å². The predicted octanol–water partition coefficient (Wildman–Crippen LogP) is 4.46. The molecule has 1 aliphatic heterocycles. The van der Waals surface area contributed by atoms with Crippen LogP contribution in [-0.2, 0) is 14.3 Å². The van der Waals surface area contributed by atoms with E-state index in [4.69, 9.17) is 9.47 Å². The molecular weight excluding hydrogens is 326 g/mol. The molecule has 0 radical (unpaired) electrons. The monoisotopic (exact) mass is 357 g/mol. The number of carbonyl (C=O) groups excluding carboxylic acids is 1. The van der Waals surface area contributed by atoms with Gasteiger partial charge in [0, 0.05) is 23.9 Å². The molecule has 0 bridgehead atoms. The zero-order chi connectivity index (χ0) is 19.4. The van der Waals surface area contributed by atoms with Gasteiger partial charge in [0.05, 0.1) is 18.8 Å². The largest absolute Gasteiger partial charge is 0.466 e. The summed E-state index contributed by atoms with van der Waals surface area (Å²) in [7, 11) is 1.43. The molecule has 4 heteroatoms. The lowest BCUT2D eigenvalue weighted by atomic mass is 9.77. The number of methoxy groups -OCH3 is 1. The number of ether oxygens (including phenoxy) is 2. The van der Waals surface area contributed by atoms with Crippen molar-refractivity contribution in [3.8, 4) is 0 Å². The first-order chi connectivity index (χ1) is 12.3. The van der Waals surface area contributed by atoms with Gasteiger partial charge in [-0.25, -0.2) is 4.79 Å². The van der Waals surface area contributed by atoms with Crippen molar-refractivity contribution >= 4 is 5.97 Å². The van der Waals surface area contributed by atoms with Gasteiger partial charge in [-0.15, -0.1) is 0 Å². The Morgan fingerprint density at radius 1 is 1.12 bits per heavy atom. The van der Waals surface area contributed by atoms with Crippen molar-refractivity contribution in [3.63, 3.8) is 0 Å². The lowest BCUT2D eigenvalue weighted by Crippen LogP contribution is -2.33. The smallest absolute Gasteiger partial charge is 0.336 e. The Morgan fingerprint density at radius 3 is 2.35 bits per heavy atom. The van der Waals surface area contributed by atoms with Crippen molar-refractivity contribution in [2.45, 2.75) is 53.6 Å². The van der Waals surface area contributed by atoms with Gasteiger partial charge >= 0.3 is 5.97 Å². The van der Waals surface area contributed by atoms with Gasteiger partial charge in [-0.2, -0.15) is 0 Å². The summed E-state index contributed by atoms with van der Waals surface area (Å²) in [6.45, 7) is 13.1. The Kier molecular flexibility index (Phi) is 6.65. The first kappa shape index (κ1) is 20.2. The molecule has 4 nitrogen and oxygen atoms in total. The lowest BCUT2D eigenvalue weighted by Gasteiger charge is -2.35. The predicted molar refractivity (Wildman–Crippen MR) is 105 cm³/mol. The number of hydrogen-bond acceptors (Lipinski definition) is 4. The van der Waals surface area contributed by atoms with Crippen LogP contribution in [0.5, 0.6) is 0 Å². The van der Waals surface area contributed by atoms with Crippen molar-refractivity contribution in [1.29, 1.82) is 0 Å². The van der Waals surface area contributed by atoms with Gasteiger partial charge in [-0.05, 0) is 50.3 Å². The van der Waals surface area contributed by atoms with Crippen molar-refractivity contribution in [2.24, 2.45) is 5.92 Å². The van der Waals surface area contributed by atoms with E-state index in [2.05, 4.69) is 45.1 Å². The van der Waals surface area contributed by atoms with Gasteiger partial charge in [-0.3, -0.25) is 0 Å². The highest BCUT2D eigenvalue weighted by atomic mass is 16.5. The Labute approximate surface area is 157 Å². The van der Waals surface area contributed by atoms with E-state index >= 15 is 0 Å². The van der Waals surface area contributed by atoms with Gasteiger partial charge in [-0.1, -0.05) is 38.1 Å². The van der Waals surface area contributed by atoms with Gasteiger partial charge < -0.3 is 14.8 Å². The Hall–Kier alpha value is -2.07. The first-order valence-electron chi connectivity index (χ1n) is 9.21. The summed E-state index contributed by atoms with van der Waals surface area (Å²) >= 11 is 0. The van der Waals surface area contributed by atoms with E-state index in [9.17, 15) is 4.79 Å². The number of esters is 1. The van der Waals surface area contributed by atoms with E-state index in [0.29, 0.717) is 18.1 Å². The van der Waals surface area contributed by atoms with E-state index in [-0.39, 0.29) is 18.0 Å². The number of rotatable bonds is 6. The summed E-state index contributed by atoms with van der Waals surface area (Å²) in [6.07, 6.45) is -0.109. The number of allylic oxidation sites excluding steroid dienone is 2. The third-order valence-electron chi connectivity index (χ3n) is 4.83. The molecular formula is C22H31NO3. The summed E-state index contributed by atoms with van der Waals surface area (Å²) < 4.78 is 11.2. The van der Waals surface area contributed by atoms with Crippen LogP contribution < -0.4 is 5.32 Å². The fourth-order valence-electron chi connectivity index (χ4n) is 3.59. The van der Waals surface area contributed by atoms with Gasteiger partial charge in [0.2, 0.25) is 0 Å².